The van der Waals surface area contributed by atoms with E-state index in [-0.39, 0.29) is 12.1 Å². The van der Waals surface area contributed by atoms with Crippen LogP contribution >= 0.6 is 0 Å². The van der Waals surface area contributed by atoms with Gasteiger partial charge >= 0.3 is 6.03 Å². The monoisotopic (exact) mass is 280 g/mol. The Morgan fingerprint density at radius 3 is 2.80 bits per heavy atom. The quantitative estimate of drug-likeness (QED) is 0.635. The highest BCUT2D eigenvalue weighted by atomic mass is 16.5. The molecule has 0 heterocycles. The number of nitrogens with one attached hydrogen (secondary N) is 2. The molecule has 2 amide bonds. The molecular weight excluding hydrogens is 256 g/mol. The highest BCUT2D eigenvalue weighted by Gasteiger charge is 2.01. The number of aliphatic hydroxyl groups is 1. The maximum absolute atomic E-state index is 11.4. The minimum absolute atomic E-state index is 0.184. The van der Waals surface area contributed by atoms with Crippen molar-refractivity contribution < 1.29 is 14.6 Å². The molecule has 1 rings (SSSR count). The number of amides is 2. The van der Waals surface area contributed by atoms with Crippen LogP contribution in [0.5, 0.6) is 5.75 Å². The van der Waals surface area contributed by atoms with Crippen LogP contribution < -0.4 is 15.4 Å². The van der Waals surface area contributed by atoms with Crippen molar-refractivity contribution in [1.82, 2.24) is 10.6 Å². The normalized spacial score (nSPS) is 11.8. The van der Waals surface area contributed by atoms with E-state index in [9.17, 15) is 4.79 Å². The molecule has 0 bridgehead atoms. The van der Waals surface area contributed by atoms with Gasteiger partial charge in [-0.15, -0.1) is 0 Å². The SMILES string of the molecule is COc1cccc(CCCNC(=O)NCCC(C)O)c1. The summed E-state index contributed by atoms with van der Waals surface area (Å²) >= 11 is 0. The lowest BCUT2D eigenvalue weighted by molar-refractivity contribution is 0.183. The molecule has 20 heavy (non-hydrogen) atoms. The van der Waals surface area contributed by atoms with E-state index >= 15 is 0 Å². The van der Waals surface area contributed by atoms with Crippen molar-refractivity contribution in [3.8, 4) is 5.75 Å². The number of carbonyl (C=O) groups is 1. The Morgan fingerprint density at radius 1 is 1.35 bits per heavy atom. The van der Waals surface area contributed by atoms with E-state index in [1.54, 1.807) is 14.0 Å². The summed E-state index contributed by atoms with van der Waals surface area (Å²) < 4.78 is 5.16. The summed E-state index contributed by atoms with van der Waals surface area (Å²) in [6.45, 7) is 2.81. The Kier molecular flexibility index (Phi) is 7.50. The summed E-state index contributed by atoms with van der Waals surface area (Å²) in [4.78, 5) is 11.4. The van der Waals surface area contributed by atoms with Crippen molar-refractivity contribution >= 4 is 6.03 Å². The van der Waals surface area contributed by atoms with Crippen molar-refractivity contribution in [2.75, 3.05) is 20.2 Å². The van der Waals surface area contributed by atoms with Crippen LogP contribution in [0.3, 0.4) is 0 Å². The number of carbonyl (C=O) groups excluding carboxylic acids is 1. The molecule has 1 atom stereocenters. The number of urea groups is 1. The molecule has 5 heteroatoms. The molecule has 0 saturated carbocycles. The molecule has 3 N–H and O–H groups in total. The molecule has 0 aromatic heterocycles. The lowest BCUT2D eigenvalue weighted by Gasteiger charge is -2.09. The van der Waals surface area contributed by atoms with Gasteiger partial charge in [-0.05, 0) is 43.9 Å². The molecule has 112 valence electrons. The van der Waals surface area contributed by atoms with Gasteiger partial charge in [-0.2, -0.15) is 0 Å². The predicted octanol–water partition coefficient (Wildman–Crippen LogP) is 1.70. The Hall–Kier alpha value is -1.75. The Morgan fingerprint density at radius 2 is 2.10 bits per heavy atom. The number of rotatable bonds is 8. The van der Waals surface area contributed by atoms with Crippen LogP contribution in [-0.2, 0) is 6.42 Å². The molecule has 1 aromatic carbocycles. The largest absolute Gasteiger partial charge is 0.497 e. The number of ether oxygens (including phenoxy) is 1. The smallest absolute Gasteiger partial charge is 0.314 e. The van der Waals surface area contributed by atoms with E-state index in [1.807, 2.05) is 24.3 Å². The van der Waals surface area contributed by atoms with Crippen LogP contribution in [0.2, 0.25) is 0 Å². The zero-order valence-corrected chi connectivity index (χ0v) is 12.2. The van der Waals surface area contributed by atoms with Crippen LogP contribution in [0.25, 0.3) is 0 Å². The van der Waals surface area contributed by atoms with Crippen LogP contribution in [-0.4, -0.2) is 37.4 Å². The fourth-order valence-electron chi connectivity index (χ4n) is 1.78. The van der Waals surface area contributed by atoms with Crippen molar-refractivity contribution in [1.29, 1.82) is 0 Å². The molecule has 0 aliphatic heterocycles. The van der Waals surface area contributed by atoms with Crippen LogP contribution in [0.15, 0.2) is 24.3 Å². The van der Waals surface area contributed by atoms with Gasteiger partial charge in [0.05, 0.1) is 13.2 Å². The van der Waals surface area contributed by atoms with Gasteiger partial charge in [-0.25, -0.2) is 4.79 Å². The minimum atomic E-state index is -0.386. The third kappa shape index (κ3) is 6.99. The summed E-state index contributed by atoms with van der Waals surface area (Å²) in [6.07, 6.45) is 1.95. The zero-order valence-electron chi connectivity index (χ0n) is 12.2. The second-order valence-electron chi connectivity index (χ2n) is 4.78. The third-order valence-electron chi connectivity index (χ3n) is 2.91. The third-order valence-corrected chi connectivity index (χ3v) is 2.91. The Labute approximate surface area is 120 Å². The highest BCUT2D eigenvalue weighted by molar-refractivity contribution is 5.73. The molecule has 1 unspecified atom stereocenters. The number of hydrogen-bond donors (Lipinski definition) is 3. The van der Waals surface area contributed by atoms with Crippen molar-refractivity contribution in [2.24, 2.45) is 0 Å². The maximum atomic E-state index is 11.4. The van der Waals surface area contributed by atoms with Gasteiger partial charge in [0.15, 0.2) is 0 Å². The molecule has 0 aliphatic carbocycles. The number of aliphatic hydroxyl groups excluding tert-OH is 1. The van der Waals surface area contributed by atoms with E-state index in [4.69, 9.17) is 9.84 Å². The molecular formula is C15H24N2O3. The van der Waals surface area contributed by atoms with Crippen molar-refractivity contribution in [3.05, 3.63) is 29.8 Å². The first kappa shape index (κ1) is 16.3. The van der Waals surface area contributed by atoms with Crippen LogP contribution in [0.1, 0.15) is 25.3 Å². The predicted molar refractivity (Wildman–Crippen MR) is 79.0 cm³/mol. The molecule has 1 aromatic rings. The second-order valence-corrected chi connectivity index (χ2v) is 4.78. The van der Waals surface area contributed by atoms with Gasteiger partial charge in [0.25, 0.3) is 0 Å². The highest BCUT2D eigenvalue weighted by Crippen LogP contribution is 2.13. The van der Waals surface area contributed by atoms with Gasteiger partial charge in [0, 0.05) is 13.1 Å². The topological polar surface area (TPSA) is 70.6 Å². The summed E-state index contributed by atoms with van der Waals surface area (Å²) in [5.41, 5.74) is 1.20. The number of benzene rings is 1. The van der Waals surface area contributed by atoms with E-state index < -0.39 is 0 Å². The van der Waals surface area contributed by atoms with E-state index in [0.29, 0.717) is 19.5 Å². The molecule has 0 radical (unpaired) electrons. The minimum Gasteiger partial charge on any atom is -0.497 e. The summed E-state index contributed by atoms with van der Waals surface area (Å²) in [6, 6.07) is 7.74. The number of aryl methyl sites for hydroxylation is 1. The fourth-order valence-corrected chi connectivity index (χ4v) is 1.78. The molecule has 0 spiro atoms. The van der Waals surface area contributed by atoms with Gasteiger partial charge in [0.2, 0.25) is 0 Å². The summed E-state index contributed by atoms with van der Waals surface area (Å²) in [5.74, 6) is 0.853. The Balaban J connectivity index is 2.13. The van der Waals surface area contributed by atoms with Gasteiger partial charge in [-0.1, -0.05) is 12.1 Å². The van der Waals surface area contributed by atoms with Crippen molar-refractivity contribution in [3.63, 3.8) is 0 Å². The zero-order chi connectivity index (χ0) is 14.8. The van der Waals surface area contributed by atoms with E-state index in [0.717, 1.165) is 18.6 Å². The second kappa shape index (κ2) is 9.20. The number of hydrogen-bond acceptors (Lipinski definition) is 3. The first-order chi connectivity index (χ1) is 9.61. The summed E-state index contributed by atoms with van der Waals surface area (Å²) in [7, 11) is 1.65. The average Bonchev–Trinajstić information content (AvgIpc) is 2.43. The average molecular weight is 280 g/mol. The molecule has 0 saturated heterocycles. The lowest BCUT2D eigenvalue weighted by atomic mass is 10.1. The fraction of sp³-hybridized carbons (Fsp3) is 0.533. The number of methoxy groups -OCH3 is 1. The van der Waals surface area contributed by atoms with Crippen LogP contribution in [0, 0.1) is 0 Å². The van der Waals surface area contributed by atoms with E-state index in [1.165, 1.54) is 5.56 Å². The lowest BCUT2D eigenvalue weighted by Crippen LogP contribution is -2.37. The van der Waals surface area contributed by atoms with Gasteiger partial charge < -0.3 is 20.5 Å². The Bertz CT molecular complexity index is 408. The molecule has 0 fully saturated rings. The van der Waals surface area contributed by atoms with Crippen LogP contribution in [0.4, 0.5) is 4.79 Å². The van der Waals surface area contributed by atoms with Gasteiger partial charge in [0.1, 0.15) is 5.75 Å². The summed E-state index contributed by atoms with van der Waals surface area (Å²) in [5, 5.41) is 14.6. The maximum Gasteiger partial charge on any atom is 0.314 e. The van der Waals surface area contributed by atoms with E-state index in [2.05, 4.69) is 10.6 Å². The standard InChI is InChI=1S/C15H24N2O3/c1-12(18)8-10-17-15(19)16-9-4-6-13-5-3-7-14(11-13)20-2/h3,5,7,11-12,18H,4,6,8-10H2,1-2H3,(H2,16,17,19). The molecule has 5 nitrogen and oxygen atoms in total. The molecule has 0 aliphatic rings. The first-order valence-corrected chi connectivity index (χ1v) is 6.94. The van der Waals surface area contributed by atoms with Crippen molar-refractivity contribution in [2.45, 2.75) is 32.3 Å². The van der Waals surface area contributed by atoms with Gasteiger partial charge in [-0.3, -0.25) is 0 Å². The first-order valence-electron chi connectivity index (χ1n) is 6.94.